The van der Waals surface area contributed by atoms with E-state index in [4.69, 9.17) is 25.5 Å². The lowest BCUT2D eigenvalue weighted by Gasteiger charge is -2.21. The number of furan rings is 1. The number of nitrogens with zero attached hydrogens (tertiary/aromatic N) is 5. The van der Waals surface area contributed by atoms with E-state index in [1.54, 1.807) is 26.6 Å². The summed E-state index contributed by atoms with van der Waals surface area (Å²) >= 11 is 7.31. The van der Waals surface area contributed by atoms with E-state index in [0.717, 1.165) is 5.76 Å². The fourth-order valence-corrected chi connectivity index (χ4v) is 3.59. The lowest BCUT2D eigenvalue weighted by molar-refractivity contribution is 0.0972. The highest BCUT2D eigenvalue weighted by Crippen LogP contribution is 2.29. The van der Waals surface area contributed by atoms with Gasteiger partial charge in [-0.05, 0) is 37.9 Å². The predicted molar refractivity (Wildman–Crippen MR) is 112 cm³/mol. The third-order valence-electron chi connectivity index (χ3n) is 4.14. The summed E-state index contributed by atoms with van der Waals surface area (Å²) in [7, 11) is 3.28. The van der Waals surface area contributed by atoms with Crippen molar-refractivity contribution in [1.82, 2.24) is 24.7 Å². The Hall–Kier alpha value is -2.14. The standard InChI is InChI=1S/C18H23ClN6O3S/c1-11-5-6-14(28-11)17-22-23-18(25(17)7-8-26-3)24-29-12(2)15(27-4)16-20-9-13(19)10-21-16/h5-6,9-10,12,15H,7-8H2,1-4H3,(H,23,24). The van der Waals surface area contributed by atoms with E-state index in [-0.39, 0.29) is 11.4 Å². The molecule has 0 fully saturated rings. The first-order valence-electron chi connectivity index (χ1n) is 8.94. The van der Waals surface area contributed by atoms with Gasteiger partial charge in [-0.2, -0.15) is 0 Å². The molecule has 0 aromatic carbocycles. The summed E-state index contributed by atoms with van der Waals surface area (Å²) < 4.78 is 21.7. The molecule has 3 rings (SSSR count). The van der Waals surface area contributed by atoms with Crippen molar-refractivity contribution in [1.29, 1.82) is 0 Å². The van der Waals surface area contributed by atoms with Crippen LogP contribution in [-0.4, -0.2) is 50.8 Å². The van der Waals surface area contributed by atoms with E-state index in [9.17, 15) is 0 Å². The number of aromatic nitrogens is 5. The van der Waals surface area contributed by atoms with Crippen molar-refractivity contribution in [3.05, 3.63) is 41.1 Å². The Morgan fingerprint density at radius 1 is 1.24 bits per heavy atom. The molecular weight excluding hydrogens is 416 g/mol. The van der Waals surface area contributed by atoms with Crippen LogP contribution in [0.4, 0.5) is 5.95 Å². The zero-order valence-corrected chi connectivity index (χ0v) is 18.2. The lowest BCUT2D eigenvalue weighted by Crippen LogP contribution is -2.19. The zero-order chi connectivity index (χ0) is 20.8. The Balaban J connectivity index is 1.75. The van der Waals surface area contributed by atoms with Gasteiger partial charge in [-0.3, -0.25) is 9.29 Å². The van der Waals surface area contributed by atoms with Crippen LogP contribution in [0.5, 0.6) is 0 Å². The molecule has 0 amide bonds. The number of rotatable bonds is 10. The van der Waals surface area contributed by atoms with Gasteiger partial charge in [0.05, 0.1) is 23.4 Å². The molecule has 0 aliphatic rings. The molecule has 29 heavy (non-hydrogen) atoms. The van der Waals surface area contributed by atoms with E-state index in [1.807, 2.05) is 30.5 Å². The van der Waals surface area contributed by atoms with Crippen molar-refractivity contribution in [2.24, 2.45) is 0 Å². The van der Waals surface area contributed by atoms with Gasteiger partial charge in [0, 0.05) is 26.6 Å². The van der Waals surface area contributed by atoms with Gasteiger partial charge < -0.3 is 13.9 Å². The van der Waals surface area contributed by atoms with Crippen LogP contribution in [0, 0.1) is 6.92 Å². The van der Waals surface area contributed by atoms with Gasteiger partial charge in [0.15, 0.2) is 11.6 Å². The normalized spacial score (nSPS) is 13.4. The molecule has 156 valence electrons. The molecule has 11 heteroatoms. The second-order valence-corrected chi connectivity index (χ2v) is 7.86. The van der Waals surface area contributed by atoms with Crippen LogP contribution in [0.1, 0.15) is 24.6 Å². The molecule has 3 aromatic heterocycles. The molecule has 3 heterocycles. The molecule has 0 spiro atoms. The summed E-state index contributed by atoms with van der Waals surface area (Å²) in [4.78, 5) is 8.52. The average molecular weight is 439 g/mol. The molecule has 9 nitrogen and oxygen atoms in total. The molecule has 0 saturated carbocycles. The van der Waals surface area contributed by atoms with Crippen molar-refractivity contribution in [2.45, 2.75) is 31.7 Å². The van der Waals surface area contributed by atoms with E-state index < -0.39 is 0 Å². The predicted octanol–water partition coefficient (Wildman–Crippen LogP) is 3.77. The maximum atomic E-state index is 5.87. The first kappa shape index (κ1) is 21.6. The number of hydrogen-bond donors (Lipinski definition) is 1. The number of anilines is 1. The minimum atomic E-state index is -0.327. The van der Waals surface area contributed by atoms with Crippen molar-refractivity contribution in [3.63, 3.8) is 0 Å². The summed E-state index contributed by atoms with van der Waals surface area (Å²) in [6, 6.07) is 3.77. The second-order valence-electron chi connectivity index (χ2n) is 6.24. The van der Waals surface area contributed by atoms with Crippen molar-refractivity contribution in [3.8, 4) is 11.6 Å². The monoisotopic (exact) mass is 438 g/mol. The number of halogens is 1. The van der Waals surface area contributed by atoms with E-state index in [2.05, 4.69) is 24.9 Å². The van der Waals surface area contributed by atoms with Crippen LogP contribution in [0.2, 0.25) is 5.02 Å². The Kier molecular flexibility index (Phi) is 7.48. The van der Waals surface area contributed by atoms with Gasteiger partial charge >= 0.3 is 0 Å². The molecule has 1 N–H and O–H groups in total. The molecule has 0 saturated heterocycles. The zero-order valence-electron chi connectivity index (χ0n) is 16.6. The molecule has 2 unspecified atom stereocenters. The van der Waals surface area contributed by atoms with Gasteiger partial charge in [0.2, 0.25) is 11.8 Å². The second kappa shape index (κ2) is 10.1. The molecule has 0 bridgehead atoms. The Morgan fingerprint density at radius 2 is 2.00 bits per heavy atom. The van der Waals surface area contributed by atoms with Gasteiger partial charge in [-0.1, -0.05) is 11.6 Å². The highest BCUT2D eigenvalue weighted by atomic mass is 35.5. The summed E-state index contributed by atoms with van der Waals surface area (Å²) in [5.41, 5.74) is 0. The maximum absolute atomic E-state index is 5.87. The molecule has 0 aliphatic heterocycles. The molecular formula is C18H23ClN6O3S. The van der Waals surface area contributed by atoms with E-state index >= 15 is 0 Å². The van der Waals surface area contributed by atoms with Gasteiger partial charge in [-0.15, -0.1) is 10.2 Å². The van der Waals surface area contributed by atoms with E-state index in [0.29, 0.717) is 41.5 Å². The smallest absolute Gasteiger partial charge is 0.235 e. The molecule has 0 radical (unpaired) electrons. The van der Waals surface area contributed by atoms with E-state index in [1.165, 1.54) is 11.9 Å². The maximum Gasteiger partial charge on any atom is 0.235 e. The Bertz CT molecular complexity index is 917. The lowest BCUT2D eigenvalue weighted by atomic mass is 10.2. The van der Waals surface area contributed by atoms with Crippen LogP contribution >= 0.6 is 23.5 Å². The quantitative estimate of drug-likeness (QED) is 0.474. The van der Waals surface area contributed by atoms with Crippen LogP contribution < -0.4 is 4.72 Å². The van der Waals surface area contributed by atoms with Crippen LogP contribution in [0.15, 0.2) is 28.9 Å². The van der Waals surface area contributed by atoms with Crippen molar-refractivity contribution >= 4 is 29.5 Å². The van der Waals surface area contributed by atoms with Crippen molar-refractivity contribution < 1.29 is 13.9 Å². The number of aryl methyl sites for hydroxylation is 1. The van der Waals surface area contributed by atoms with Crippen molar-refractivity contribution in [2.75, 3.05) is 25.5 Å². The average Bonchev–Trinajstić information content (AvgIpc) is 3.32. The Labute approximate surface area is 178 Å². The minimum absolute atomic E-state index is 0.0249. The summed E-state index contributed by atoms with van der Waals surface area (Å²) in [6.07, 6.45) is 2.78. The van der Waals surface area contributed by atoms with Gasteiger partial charge in [0.1, 0.15) is 11.9 Å². The fraction of sp³-hybridized carbons (Fsp3) is 0.444. The molecule has 3 aromatic rings. The third-order valence-corrected chi connectivity index (χ3v) is 5.26. The highest BCUT2D eigenvalue weighted by molar-refractivity contribution is 8.01. The number of hydrogen-bond acceptors (Lipinski definition) is 9. The molecule has 2 atom stereocenters. The number of nitrogens with one attached hydrogen (secondary N) is 1. The topological polar surface area (TPSA) is 100 Å². The fourth-order valence-electron chi connectivity index (χ4n) is 2.69. The SMILES string of the molecule is COCCn1c(NSC(C)C(OC)c2ncc(Cl)cn2)nnc1-c1ccc(C)o1. The molecule has 0 aliphatic carbocycles. The highest BCUT2D eigenvalue weighted by Gasteiger charge is 2.24. The van der Waals surface area contributed by atoms with Crippen LogP contribution in [0.25, 0.3) is 11.6 Å². The largest absolute Gasteiger partial charge is 0.458 e. The third kappa shape index (κ3) is 5.27. The first-order chi connectivity index (χ1) is 14.0. The minimum Gasteiger partial charge on any atom is -0.458 e. The Morgan fingerprint density at radius 3 is 2.62 bits per heavy atom. The number of methoxy groups -OCH3 is 2. The van der Waals surface area contributed by atoms with Gasteiger partial charge in [0.25, 0.3) is 0 Å². The summed E-state index contributed by atoms with van der Waals surface area (Å²) in [5.74, 6) is 3.25. The summed E-state index contributed by atoms with van der Waals surface area (Å²) in [5, 5.41) is 9.01. The number of ether oxygens (including phenoxy) is 2. The van der Waals surface area contributed by atoms with Crippen LogP contribution in [0.3, 0.4) is 0 Å². The summed E-state index contributed by atoms with van der Waals surface area (Å²) in [6.45, 7) is 4.99. The van der Waals surface area contributed by atoms with Gasteiger partial charge in [-0.25, -0.2) is 9.97 Å². The van der Waals surface area contributed by atoms with Crippen LogP contribution in [-0.2, 0) is 16.0 Å². The first-order valence-corrected chi connectivity index (χ1v) is 10.2.